The molecule has 0 aliphatic rings. The van der Waals surface area contributed by atoms with Crippen LogP contribution in [0.5, 0.6) is 5.75 Å². The van der Waals surface area contributed by atoms with Gasteiger partial charge in [0.25, 0.3) is 0 Å². The maximum absolute atomic E-state index is 4.95. The van der Waals surface area contributed by atoms with Gasteiger partial charge in [0.2, 0.25) is 0 Å². The molecule has 0 heterocycles. The van der Waals surface area contributed by atoms with E-state index in [1.54, 1.807) is 20.8 Å². The molecule has 0 spiro atoms. The van der Waals surface area contributed by atoms with Crippen LogP contribution in [0.4, 0.5) is 0 Å². The van der Waals surface area contributed by atoms with Gasteiger partial charge in [-0.1, -0.05) is 0 Å². The zero-order valence-electron chi connectivity index (χ0n) is 5.00. The Labute approximate surface area is 86.6 Å². The Morgan fingerprint density at radius 2 is 1.70 bits per heavy atom. The zero-order valence-corrected chi connectivity index (χ0v) is 8.97. The summed E-state index contributed by atoms with van der Waals surface area (Å²) < 4.78 is 6.02. The van der Waals surface area contributed by atoms with Crippen LogP contribution in [0.1, 0.15) is 0 Å². The van der Waals surface area contributed by atoms with Gasteiger partial charge in [-0.3, -0.25) is 0 Å². The molecule has 53 valence electrons. The number of rotatable bonds is 1. The summed E-state index contributed by atoms with van der Waals surface area (Å²) in [7, 11) is 0. The van der Waals surface area contributed by atoms with Gasteiger partial charge in [-0.2, -0.15) is 0 Å². The van der Waals surface area contributed by atoms with E-state index in [0.717, 1.165) is 10.2 Å². The molecule has 4 heteroatoms. The number of benzene rings is 1. The Hall–Kier alpha value is 0.504. The van der Waals surface area contributed by atoms with E-state index in [1.807, 2.05) is 24.3 Å². The molecule has 0 radical (unpaired) electrons. The third-order valence-electron chi connectivity index (χ3n) is 0.931. The molecule has 0 saturated heterocycles. The second-order valence-corrected chi connectivity index (χ2v) is 2.79. The average Bonchev–Trinajstić information content (AvgIpc) is 1.90. The number of hydrogen-bond acceptors (Lipinski definition) is 1. The van der Waals surface area contributed by atoms with Crippen molar-refractivity contribution in [2.45, 2.75) is 0 Å². The van der Waals surface area contributed by atoms with Crippen molar-refractivity contribution in [1.29, 1.82) is 0 Å². The third kappa shape index (κ3) is 3.06. The van der Waals surface area contributed by atoms with Gasteiger partial charge in [-0.15, -0.1) is 12.4 Å². The molecule has 0 N–H and O–H groups in total. The first-order chi connectivity index (χ1) is 4.33. The number of halogens is 2. The van der Waals surface area contributed by atoms with E-state index in [1.165, 1.54) is 0 Å². The first kappa shape index (κ1) is 10.5. The van der Waals surface area contributed by atoms with Gasteiger partial charge >= 0.3 is 74.6 Å². The van der Waals surface area contributed by atoms with Crippen LogP contribution in [0, 0.1) is 0 Å². The van der Waals surface area contributed by atoms with Crippen LogP contribution >= 0.6 is 28.3 Å². The predicted octanol–water partition coefficient (Wildman–Crippen LogP) is 2.71. The summed E-state index contributed by atoms with van der Waals surface area (Å²) >= 11 is 4.98. The molecule has 0 atom stereocenters. The van der Waals surface area contributed by atoms with E-state index in [4.69, 9.17) is 3.32 Å². The summed E-state index contributed by atoms with van der Waals surface area (Å²) in [5, 5.41) is 0. The normalized spacial score (nSPS) is 8.00. The molecule has 0 amide bonds. The summed E-state index contributed by atoms with van der Waals surface area (Å²) in [4.78, 5) is 0. The van der Waals surface area contributed by atoms with Crippen molar-refractivity contribution >= 4 is 28.3 Å². The fraction of sp³-hybridized carbons (Fsp3) is 0. The second-order valence-electron chi connectivity index (χ2n) is 1.56. The fourth-order valence-corrected chi connectivity index (χ4v) is 0.979. The van der Waals surface area contributed by atoms with Crippen LogP contribution in [-0.2, 0) is 20.8 Å². The Morgan fingerprint density at radius 1 is 1.20 bits per heavy atom. The second kappa shape index (κ2) is 5.19. The van der Waals surface area contributed by atoms with Gasteiger partial charge in [-0.05, 0) is 0 Å². The van der Waals surface area contributed by atoms with Gasteiger partial charge in [0, 0.05) is 0 Å². The van der Waals surface area contributed by atoms with Crippen LogP contribution < -0.4 is 3.32 Å². The standard InChI is InChI=1S/C6H5BrO.ClH.Ti/c7-5-1-3-6(8)4-2-5;;/h1-4,8H;1H;/q;;+1/p-1. The van der Waals surface area contributed by atoms with E-state index in [-0.39, 0.29) is 12.4 Å². The zero-order chi connectivity index (χ0) is 6.69. The molecule has 1 nitrogen and oxygen atoms in total. The van der Waals surface area contributed by atoms with Crippen LogP contribution in [0.3, 0.4) is 0 Å². The molecule has 1 rings (SSSR count). The van der Waals surface area contributed by atoms with Gasteiger partial charge < -0.3 is 0 Å². The van der Waals surface area contributed by atoms with Gasteiger partial charge in [-0.25, -0.2) is 0 Å². The quantitative estimate of drug-likeness (QED) is 0.702. The third-order valence-corrected chi connectivity index (χ3v) is 1.83. The van der Waals surface area contributed by atoms with Crippen LogP contribution in [0.15, 0.2) is 28.7 Å². The minimum absolute atomic E-state index is 0. The molecule has 0 fully saturated rings. The van der Waals surface area contributed by atoms with Crippen molar-refractivity contribution in [2.24, 2.45) is 0 Å². The van der Waals surface area contributed by atoms with E-state index in [0.29, 0.717) is 0 Å². The van der Waals surface area contributed by atoms with Crippen molar-refractivity contribution in [3.63, 3.8) is 0 Å². The molecule has 0 aliphatic heterocycles. The van der Waals surface area contributed by atoms with E-state index >= 15 is 0 Å². The van der Waals surface area contributed by atoms with Crippen molar-refractivity contribution in [2.75, 3.05) is 0 Å². The molecule has 1 aromatic carbocycles. The molecule has 0 unspecified atom stereocenters. The summed E-state index contributed by atoms with van der Waals surface area (Å²) in [5.41, 5.74) is 0. The molecular formula is C6H5BrClOTi. The van der Waals surface area contributed by atoms with Crippen molar-refractivity contribution < 1.29 is 24.1 Å². The first-order valence-electron chi connectivity index (χ1n) is 2.42. The predicted molar refractivity (Wildman–Crippen MR) is 42.0 cm³/mol. The molecule has 0 aromatic heterocycles. The SMILES string of the molecule is Cl.[Ti][O]c1ccc(Br)cc1. The molecule has 0 bridgehead atoms. The first-order valence-corrected chi connectivity index (χ1v) is 3.85. The van der Waals surface area contributed by atoms with Gasteiger partial charge in [0.05, 0.1) is 0 Å². The fourth-order valence-electron chi connectivity index (χ4n) is 0.503. The van der Waals surface area contributed by atoms with Crippen molar-refractivity contribution in [1.82, 2.24) is 0 Å². The van der Waals surface area contributed by atoms with Crippen molar-refractivity contribution in [3.05, 3.63) is 28.7 Å². The van der Waals surface area contributed by atoms with Crippen molar-refractivity contribution in [3.8, 4) is 5.75 Å². The van der Waals surface area contributed by atoms with Crippen LogP contribution in [0.25, 0.3) is 0 Å². The van der Waals surface area contributed by atoms with E-state index in [9.17, 15) is 0 Å². The summed E-state index contributed by atoms with van der Waals surface area (Å²) in [6.07, 6.45) is 0. The van der Waals surface area contributed by atoms with Gasteiger partial charge in [0.1, 0.15) is 0 Å². The van der Waals surface area contributed by atoms with Crippen LogP contribution in [0.2, 0.25) is 0 Å². The Kier molecular flexibility index (Phi) is 5.46. The Bertz CT molecular complexity index is 189. The maximum atomic E-state index is 4.95. The Balaban J connectivity index is 0.000000810. The Morgan fingerprint density at radius 3 is 2.10 bits per heavy atom. The molecule has 1 aromatic rings. The summed E-state index contributed by atoms with van der Waals surface area (Å²) in [6.45, 7) is 0. The molecule has 0 saturated carbocycles. The molecule has 10 heavy (non-hydrogen) atoms. The minimum atomic E-state index is 0. The molecule has 0 aliphatic carbocycles. The average molecular weight is 256 g/mol. The van der Waals surface area contributed by atoms with Gasteiger partial charge in [0.15, 0.2) is 0 Å². The molecular weight excluding hydrogens is 251 g/mol. The van der Waals surface area contributed by atoms with Crippen LogP contribution in [-0.4, -0.2) is 0 Å². The van der Waals surface area contributed by atoms with E-state index < -0.39 is 0 Å². The number of hydrogen-bond donors (Lipinski definition) is 0. The summed E-state index contributed by atoms with van der Waals surface area (Å²) in [6, 6.07) is 7.70. The summed E-state index contributed by atoms with van der Waals surface area (Å²) in [5.74, 6) is 0.887. The topological polar surface area (TPSA) is 9.23 Å². The monoisotopic (exact) mass is 255 g/mol. The van der Waals surface area contributed by atoms with E-state index in [2.05, 4.69) is 15.9 Å².